The Morgan fingerprint density at radius 2 is 2.06 bits per heavy atom. The highest BCUT2D eigenvalue weighted by Gasteiger charge is 2.11. The minimum Gasteiger partial charge on any atom is -0.144 e. The van der Waals surface area contributed by atoms with Crippen LogP contribution in [0, 0.1) is 0 Å². The van der Waals surface area contributed by atoms with Gasteiger partial charge in [-0.2, -0.15) is 0 Å². The molecule has 0 aromatic heterocycles. The summed E-state index contributed by atoms with van der Waals surface area (Å²) in [4.78, 5) is 8.40. The van der Waals surface area contributed by atoms with Gasteiger partial charge in [-0.1, -0.05) is 38.1 Å². The number of rotatable bonds is 6. The molecule has 88 valence electrons. The zero-order valence-electron chi connectivity index (χ0n) is 9.51. The first kappa shape index (κ1) is 13.3. The predicted octanol–water partition coefficient (Wildman–Crippen LogP) is 2.87. The van der Waals surface area contributed by atoms with E-state index in [0.717, 1.165) is 12.0 Å². The van der Waals surface area contributed by atoms with Gasteiger partial charge in [-0.25, -0.2) is 0 Å². The van der Waals surface area contributed by atoms with Crippen molar-refractivity contribution in [2.24, 2.45) is 0 Å². The van der Waals surface area contributed by atoms with E-state index in [0.29, 0.717) is 12.5 Å². The minimum absolute atomic E-state index is 0.419. The summed E-state index contributed by atoms with van der Waals surface area (Å²) < 4.78 is 14.6. The van der Waals surface area contributed by atoms with E-state index in [1.54, 1.807) is 0 Å². The van der Waals surface area contributed by atoms with Crippen LogP contribution in [0.1, 0.15) is 37.3 Å². The molecule has 2 N–H and O–H groups in total. The average molecular weight is 242 g/mol. The summed E-state index contributed by atoms with van der Waals surface area (Å²) in [5.41, 5.74) is 4.75. The van der Waals surface area contributed by atoms with E-state index >= 15 is 0 Å². The van der Waals surface area contributed by atoms with Gasteiger partial charge in [0.1, 0.15) is 0 Å². The smallest absolute Gasteiger partial charge is 0.144 e. The Morgan fingerprint density at radius 1 is 1.44 bits per heavy atom. The molecular weight excluding hydrogens is 225 g/mol. The fraction of sp³-hybridized carbons (Fsp3) is 0.455. The van der Waals surface area contributed by atoms with Crippen molar-refractivity contribution in [2.75, 3.05) is 0 Å². The zero-order chi connectivity index (χ0) is 12.0. The lowest BCUT2D eigenvalue weighted by Crippen LogP contribution is -2.09. The summed E-state index contributed by atoms with van der Waals surface area (Å²) in [7, 11) is -2.58. The summed E-state index contributed by atoms with van der Waals surface area (Å²) in [6, 6.07) is 8.12. The number of hydrogen-bond donors (Lipinski definition) is 2. The third kappa shape index (κ3) is 4.37. The van der Waals surface area contributed by atoms with Crippen molar-refractivity contribution >= 4 is 8.25 Å². The number of benzene rings is 1. The van der Waals surface area contributed by atoms with E-state index < -0.39 is 8.25 Å². The van der Waals surface area contributed by atoms with E-state index in [-0.39, 0.29) is 0 Å². The van der Waals surface area contributed by atoms with Crippen molar-refractivity contribution in [2.45, 2.75) is 32.7 Å². The van der Waals surface area contributed by atoms with Gasteiger partial charge in [0.05, 0.1) is 6.54 Å². The Balaban J connectivity index is 2.48. The molecule has 0 radical (unpaired) electrons. The first-order chi connectivity index (χ1) is 7.63. The van der Waals surface area contributed by atoms with Crippen molar-refractivity contribution < 1.29 is 14.1 Å². The monoisotopic (exact) mass is 242 g/mol. The SMILES string of the molecule is CCC(C)c1ccc(CNO[P+](=O)O)cc1. The highest BCUT2D eigenvalue weighted by molar-refractivity contribution is 7.32. The van der Waals surface area contributed by atoms with Gasteiger partial charge >= 0.3 is 8.25 Å². The summed E-state index contributed by atoms with van der Waals surface area (Å²) in [5.74, 6) is 0.560. The van der Waals surface area contributed by atoms with Crippen LogP contribution in [-0.4, -0.2) is 4.89 Å². The molecule has 0 aliphatic rings. The van der Waals surface area contributed by atoms with Crippen LogP contribution >= 0.6 is 8.25 Å². The molecule has 0 aliphatic carbocycles. The first-order valence-corrected chi connectivity index (χ1v) is 6.41. The molecular formula is C11H17NO3P+. The normalized spacial score (nSPS) is 13.6. The molecule has 16 heavy (non-hydrogen) atoms. The van der Waals surface area contributed by atoms with Crippen molar-refractivity contribution in [1.29, 1.82) is 0 Å². The summed E-state index contributed by atoms with van der Waals surface area (Å²) in [6.07, 6.45) is 1.12. The van der Waals surface area contributed by atoms with Gasteiger partial charge in [0.15, 0.2) is 0 Å². The molecule has 4 nitrogen and oxygen atoms in total. The van der Waals surface area contributed by atoms with Gasteiger partial charge in [0, 0.05) is 4.57 Å². The molecule has 2 unspecified atom stereocenters. The third-order valence-corrected chi connectivity index (χ3v) is 2.87. The molecule has 0 heterocycles. The second-order valence-corrected chi connectivity index (χ2v) is 4.36. The second kappa shape index (κ2) is 6.71. The standard InChI is InChI=1S/C11H16NO3P/c1-3-9(2)11-6-4-10(5-7-11)8-12-15-16(13)14/h4-7,9,12H,3,8H2,1-2H3/p+1. The fourth-order valence-electron chi connectivity index (χ4n) is 1.37. The Labute approximate surface area is 96.5 Å². The quantitative estimate of drug-likeness (QED) is 0.595. The number of nitrogens with one attached hydrogen (secondary N) is 1. The van der Waals surface area contributed by atoms with Gasteiger partial charge < -0.3 is 0 Å². The largest absolute Gasteiger partial charge is 0.713 e. The maximum Gasteiger partial charge on any atom is 0.713 e. The Kier molecular flexibility index (Phi) is 5.56. The molecule has 0 fully saturated rings. The van der Waals surface area contributed by atoms with Crippen LogP contribution < -0.4 is 5.48 Å². The highest BCUT2D eigenvalue weighted by Crippen LogP contribution is 2.19. The molecule has 2 atom stereocenters. The topological polar surface area (TPSA) is 58.6 Å². The highest BCUT2D eigenvalue weighted by atomic mass is 31.1. The zero-order valence-corrected chi connectivity index (χ0v) is 10.4. The van der Waals surface area contributed by atoms with Crippen LogP contribution in [0.3, 0.4) is 0 Å². The number of hydrogen-bond acceptors (Lipinski definition) is 3. The van der Waals surface area contributed by atoms with Crippen LogP contribution in [-0.2, 0) is 15.7 Å². The van der Waals surface area contributed by atoms with Crippen LogP contribution in [0.4, 0.5) is 0 Å². The van der Waals surface area contributed by atoms with Crippen molar-refractivity contribution in [1.82, 2.24) is 5.48 Å². The molecule has 0 spiro atoms. The van der Waals surface area contributed by atoms with E-state index in [2.05, 4.69) is 36.1 Å². The molecule has 0 aliphatic heterocycles. The van der Waals surface area contributed by atoms with Gasteiger partial charge in [-0.15, -0.1) is 10.4 Å². The molecule has 1 aromatic carbocycles. The molecule has 0 saturated carbocycles. The van der Waals surface area contributed by atoms with Crippen LogP contribution in [0.25, 0.3) is 0 Å². The summed E-state index contributed by atoms with van der Waals surface area (Å²) >= 11 is 0. The van der Waals surface area contributed by atoms with Crippen LogP contribution in [0.2, 0.25) is 0 Å². The Morgan fingerprint density at radius 3 is 2.56 bits per heavy atom. The van der Waals surface area contributed by atoms with Crippen molar-refractivity contribution in [3.05, 3.63) is 35.4 Å². The molecule has 1 aromatic rings. The van der Waals surface area contributed by atoms with Crippen molar-refractivity contribution in [3.8, 4) is 0 Å². The lowest BCUT2D eigenvalue weighted by Gasteiger charge is -2.09. The molecule has 1 rings (SSSR count). The summed E-state index contributed by atoms with van der Waals surface area (Å²) in [6.45, 7) is 4.76. The lowest BCUT2D eigenvalue weighted by molar-refractivity contribution is 0.177. The Bertz CT molecular complexity index is 340. The fourth-order valence-corrected chi connectivity index (χ4v) is 1.55. The van der Waals surface area contributed by atoms with Crippen LogP contribution in [0.15, 0.2) is 24.3 Å². The van der Waals surface area contributed by atoms with Gasteiger partial charge in [0.2, 0.25) is 0 Å². The maximum atomic E-state index is 10.2. The second-order valence-electron chi connectivity index (χ2n) is 3.70. The maximum absolute atomic E-state index is 10.2. The lowest BCUT2D eigenvalue weighted by atomic mass is 9.98. The van der Waals surface area contributed by atoms with Crippen LogP contribution in [0.5, 0.6) is 0 Å². The van der Waals surface area contributed by atoms with Gasteiger partial charge in [0.25, 0.3) is 0 Å². The van der Waals surface area contributed by atoms with Gasteiger partial charge in [-0.3, -0.25) is 0 Å². The molecule has 5 heteroatoms. The minimum atomic E-state index is -2.58. The molecule has 0 bridgehead atoms. The van der Waals surface area contributed by atoms with Crippen molar-refractivity contribution in [3.63, 3.8) is 0 Å². The molecule has 0 amide bonds. The van der Waals surface area contributed by atoms with E-state index in [9.17, 15) is 4.57 Å². The Hall–Kier alpha value is -0.800. The van der Waals surface area contributed by atoms with Gasteiger partial charge in [-0.05, 0) is 28.1 Å². The summed E-state index contributed by atoms with van der Waals surface area (Å²) in [5, 5.41) is 0. The van der Waals surface area contributed by atoms with E-state index in [4.69, 9.17) is 4.89 Å². The average Bonchev–Trinajstić information content (AvgIpc) is 2.28. The number of hydroxylamine groups is 1. The third-order valence-electron chi connectivity index (χ3n) is 2.58. The molecule has 0 saturated heterocycles. The van der Waals surface area contributed by atoms with E-state index in [1.807, 2.05) is 12.1 Å². The van der Waals surface area contributed by atoms with E-state index in [1.165, 1.54) is 5.56 Å². The first-order valence-electron chi connectivity index (χ1n) is 5.28. The predicted molar refractivity (Wildman–Crippen MR) is 62.9 cm³/mol.